The van der Waals surface area contributed by atoms with Crippen molar-refractivity contribution in [2.24, 2.45) is 0 Å². The number of hydrogen-bond acceptors (Lipinski definition) is 4. The molecular formula is C18H12FN3O2. The molecule has 0 atom stereocenters. The van der Waals surface area contributed by atoms with E-state index in [1.54, 1.807) is 24.3 Å². The molecule has 1 N–H and O–H groups in total. The molecule has 0 unspecified atom stereocenters. The summed E-state index contributed by atoms with van der Waals surface area (Å²) in [6, 6.07) is 13.5. The highest BCUT2D eigenvalue weighted by Crippen LogP contribution is 2.24. The third kappa shape index (κ3) is 2.28. The van der Waals surface area contributed by atoms with Gasteiger partial charge in [-0.25, -0.2) is 4.39 Å². The zero-order chi connectivity index (χ0) is 16.7. The number of fused-ring (bicyclic) bond motifs is 1. The Kier molecular flexibility index (Phi) is 3.23. The van der Waals surface area contributed by atoms with Gasteiger partial charge in [0.2, 0.25) is 5.82 Å². The van der Waals surface area contributed by atoms with Gasteiger partial charge in [0.05, 0.1) is 16.6 Å². The summed E-state index contributed by atoms with van der Waals surface area (Å²) in [6.45, 7) is 1.92. The summed E-state index contributed by atoms with van der Waals surface area (Å²) < 4.78 is 18.9. The summed E-state index contributed by atoms with van der Waals surface area (Å²) in [6.07, 6.45) is 0. The predicted octanol–water partition coefficient (Wildman–Crippen LogP) is 3.69. The molecule has 0 aliphatic heterocycles. The number of H-pyrrole nitrogens is 1. The van der Waals surface area contributed by atoms with Crippen LogP contribution in [0.4, 0.5) is 4.39 Å². The number of aromatic nitrogens is 3. The Morgan fingerprint density at radius 1 is 1.08 bits per heavy atom. The Balaban J connectivity index is 1.86. The average Bonchev–Trinajstić information content (AvgIpc) is 3.05. The molecule has 24 heavy (non-hydrogen) atoms. The van der Waals surface area contributed by atoms with Crippen molar-refractivity contribution < 1.29 is 8.91 Å². The third-order valence-corrected chi connectivity index (χ3v) is 3.86. The minimum Gasteiger partial charge on any atom is -0.334 e. The lowest BCUT2D eigenvalue weighted by Crippen LogP contribution is -2.10. The molecule has 4 aromatic rings. The molecule has 0 amide bonds. The molecule has 0 aliphatic rings. The molecule has 0 fully saturated rings. The number of aromatic amines is 1. The highest BCUT2D eigenvalue weighted by atomic mass is 19.1. The molecular weight excluding hydrogens is 309 g/mol. The van der Waals surface area contributed by atoms with Gasteiger partial charge in [-0.05, 0) is 36.1 Å². The van der Waals surface area contributed by atoms with Crippen LogP contribution in [0, 0.1) is 12.7 Å². The van der Waals surface area contributed by atoms with Crippen molar-refractivity contribution in [1.29, 1.82) is 0 Å². The summed E-state index contributed by atoms with van der Waals surface area (Å²) >= 11 is 0. The van der Waals surface area contributed by atoms with Crippen LogP contribution in [-0.2, 0) is 0 Å². The first-order chi connectivity index (χ1) is 11.6. The monoisotopic (exact) mass is 321 g/mol. The second-order valence-corrected chi connectivity index (χ2v) is 5.45. The number of rotatable bonds is 2. The smallest absolute Gasteiger partial charge is 0.261 e. The summed E-state index contributed by atoms with van der Waals surface area (Å²) in [7, 11) is 0. The van der Waals surface area contributed by atoms with E-state index in [9.17, 15) is 9.18 Å². The molecule has 0 saturated heterocycles. The Labute approximate surface area is 135 Å². The standard InChI is InChI=1S/C18H12FN3O2/c1-10-5-4-6-11-9-13(17(23)20-15(10)11)16-21-18(24-22-16)12-7-2-3-8-14(12)19/h2-9H,1H3,(H,20,23). The van der Waals surface area contributed by atoms with Crippen LogP contribution in [0.5, 0.6) is 0 Å². The highest BCUT2D eigenvalue weighted by Gasteiger charge is 2.16. The molecule has 5 nitrogen and oxygen atoms in total. The number of hydrogen-bond donors (Lipinski definition) is 1. The van der Waals surface area contributed by atoms with Gasteiger partial charge in [-0.3, -0.25) is 4.79 Å². The fourth-order valence-electron chi connectivity index (χ4n) is 2.63. The van der Waals surface area contributed by atoms with Crippen LogP contribution in [0.2, 0.25) is 0 Å². The fourth-order valence-corrected chi connectivity index (χ4v) is 2.63. The quantitative estimate of drug-likeness (QED) is 0.611. The summed E-state index contributed by atoms with van der Waals surface area (Å²) in [5, 5.41) is 4.68. The van der Waals surface area contributed by atoms with Crippen LogP contribution < -0.4 is 5.56 Å². The Bertz CT molecular complexity index is 1110. The van der Waals surface area contributed by atoms with E-state index in [4.69, 9.17) is 4.52 Å². The second kappa shape index (κ2) is 5.42. The van der Waals surface area contributed by atoms with E-state index in [1.807, 2.05) is 25.1 Å². The van der Waals surface area contributed by atoms with Gasteiger partial charge in [0.15, 0.2) is 0 Å². The Morgan fingerprint density at radius 3 is 2.75 bits per heavy atom. The van der Waals surface area contributed by atoms with Crippen molar-refractivity contribution in [3.05, 3.63) is 70.3 Å². The average molecular weight is 321 g/mol. The van der Waals surface area contributed by atoms with Crippen molar-refractivity contribution >= 4 is 10.9 Å². The number of nitrogens with one attached hydrogen (secondary N) is 1. The van der Waals surface area contributed by atoms with Crippen molar-refractivity contribution in [1.82, 2.24) is 15.1 Å². The van der Waals surface area contributed by atoms with Gasteiger partial charge in [-0.15, -0.1) is 0 Å². The SMILES string of the molecule is Cc1cccc2cc(-c3noc(-c4ccccc4F)n3)c(=O)[nH]c12. The maximum Gasteiger partial charge on any atom is 0.261 e. The molecule has 4 rings (SSSR count). The predicted molar refractivity (Wildman–Crippen MR) is 88.0 cm³/mol. The molecule has 118 valence electrons. The van der Waals surface area contributed by atoms with E-state index in [0.29, 0.717) is 0 Å². The van der Waals surface area contributed by atoms with Crippen molar-refractivity contribution in [2.75, 3.05) is 0 Å². The molecule has 6 heteroatoms. The fraction of sp³-hybridized carbons (Fsp3) is 0.0556. The Morgan fingerprint density at radius 2 is 1.92 bits per heavy atom. The summed E-state index contributed by atoms with van der Waals surface area (Å²) in [5.74, 6) is -0.305. The zero-order valence-electron chi connectivity index (χ0n) is 12.7. The van der Waals surface area contributed by atoms with Crippen molar-refractivity contribution in [3.8, 4) is 22.8 Å². The molecule has 2 aromatic carbocycles. The molecule has 0 aliphatic carbocycles. The van der Waals surface area contributed by atoms with Crippen LogP contribution in [0.3, 0.4) is 0 Å². The highest BCUT2D eigenvalue weighted by molar-refractivity contribution is 5.84. The number of aryl methyl sites for hydroxylation is 1. The van der Waals surface area contributed by atoms with Gasteiger partial charge < -0.3 is 9.51 Å². The first-order valence-corrected chi connectivity index (χ1v) is 7.35. The van der Waals surface area contributed by atoms with Gasteiger partial charge >= 0.3 is 0 Å². The second-order valence-electron chi connectivity index (χ2n) is 5.45. The minimum atomic E-state index is -0.462. The lowest BCUT2D eigenvalue weighted by molar-refractivity contribution is 0.429. The van der Waals surface area contributed by atoms with E-state index in [1.165, 1.54) is 6.07 Å². The lowest BCUT2D eigenvalue weighted by Gasteiger charge is -2.02. The third-order valence-electron chi connectivity index (χ3n) is 3.86. The van der Waals surface area contributed by atoms with Crippen LogP contribution in [0.15, 0.2) is 57.8 Å². The number of para-hydroxylation sites is 1. The maximum absolute atomic E-state index is 13.8. The van der Waals surface area contributed by atoms with Gasteiger partial charge in [0, 0.05) is 0 Å². The number of nitrogens with zero attached hydrogens (tertiary/aromatic N) is 2. The largest absolute Gasteiger partial charge is 0.334 e. The van der Waals surface area contributed by atoms with E-state index in [-0.39, 0.29) is 28.4 Å². The summed E-state index contributed by atoms with van der Waals surface area (Å²) in [4.78, 5) is 19.3. The van der Waals surface area contributed by atoms with Gasteiger partial charge in [0.1, 0.15) is 5.82 Å². The van der Waals surface area contributed by atoms with E-state index >= 15 is 0 Å². The molecule has 0 bridgehead atoms. The first-order valence-electron chi connectivity index (χ1n) is 7.35. The minimum absolute atomic E-state index is 0.0341. The maximum atomic E-state index is 13.8. The molecule has 0 saturated carbocycles. The first kappa shape index (κ1) is 14.3. The number of halogens is 1. The molecule has 0 spiro atoms. The van der Waals surface area contributed by atoms with Crippen LogP contribution in [0.1, 0.15) is 5.56 Å². The van der Waals surface area contributed by atoms with Crippen LogP contribution in [-0.4, -0.2) is 15.1 Å². The summed E-state index contributed by atoms with van der Waals surface area (Å²) in [5.41, 5.74) is 1.89. The van der Waals surface area contributed by atoms with Gasteiger partial charge in [0.25, 0.3) is 11.4 Å². The van der Waals surface area contributed by atoms with E-state index in [0.717, 1.165) is 16.5 Å². The van der Waals surface area contributed by atoms with E-state index in [2.05, 4.69) is 15.1 Å². The number of pyridine rings is 1. The normalized spacial score (nSPS) is 11.1. The van der Waals surface area contributed by atoms with E-state index < -0.39 is 5.82 Å². The topological polar surface area (TPSA) is 71.8 Å². The van der Waals surface area contributed by atoms with Crippen LogP contribution >= 0.6 is 0 Å². The number of benzene rings is 2. The van der Waals surface area contributed by atoms with Gasteiger partial charge in [-0.1, -0.05) is 35.5 Å². The molecule has 2 aromatic heterocycles. The van der Waals surface area contributed by atoms with Gasteiger partial charge in [-0.2, -0.15) is 4.98 Å². The lowest BCUT2D eigenvalue weighted by atomic mass is 10.1. The zero-order valence-corrected chi connectivity index (χ0v) is 12.7. The Hall–Kier alpha value is -3.28. The van der Waals surface area contributed by atoms with Crippen molar-refractivity contribution in [3.63, 3.8) is 0 Å². The van der Waals surface area contributed by atoms with Crippen LogP contribution in [0.25, 0.3) is 33.7 Å². The molecule has 0 radical (unpaired) electrons. The molecule has 2 heterocycles. The van der Waals surface area contributed by atoms with Crippen molar-refractivity contribution in [2.45, 2.75) is 6.92 Å².